The van der Waals surface area contributed by atoms with Crippen LogP contribution < -0.4 is 21.5 Å². The first kappa shape index (κ1) is 18.7. The number of sulfonamides is 1. The lowest BCUT2D eigenvalue weighted by Gasteiger charge is -2.27. The van der Waals surface area contributed by atoms with E-state index in [1.165, 1.54) is 18.5 Å². The molecule has 1 aliphatic carbocycles. The monoisotopic (exact) mass is 403 g/mol. The van der Waals surface area contributed by atoms with E-state index in [1.54, 1.807) is 16.8 Å². The van der Waals surface area contributed by atoms with Crippen molar-refractivity contribution >= 4 is 28.0 Å². The lowest BCUT2D eigenvalue weighted by Crippen LogP contribution is -2.41. The van der Waals surface area contributed by atoms with Crippen LogP contribution in [0.15, 0.2) is 56.2 Å². The Bertz CT molecular complexity index is 973. The van der Waals surface area contributed by atoms with Crippen LogP contribution in [0.25, 0.3) is 0 Å². The number of aliphatic imine (C=N–C) groups is 2. The van der Waals surface area contributed by atoms with Gasteiger partial charge in [-0.05, 0) is 54.9 Å². The summed E-state index contributed by atoms with van der Waals surface area (Å²) in [6, 6.07) is 6.85. The maximum Gasteiger partial charge on any atom is 0.458 e. The van der Waals surface area contributed by atoms with Crippen LogP contribution in [0.1, 0.15) is 25.7 Å². The number of nitrogens with two attached hydrogens (primary N) is 2. The van der Waals surface area contributed by atoms with Crippen molar-refractivity contribution in [1.82, 2.24) is 5.32 Å². The van der Waals surface area contributed by atoms with Gasteiger partial charge >= 0.3 is 5.96 Å². The van der Waals surface area contributed by atoms with Gasteiger partial charge in [0.2, 0.25) is 22.2 Å². The summed E-state index contributed by atoms with van der Waals surface area (Å²) in [6.45, 7) is 0. The minimum Gasteiger partial charge on any atom is -0.354 e. The Morgan fingerprint density at radius 1 is 1.07 bits per heavy atom. The molecule has 1 unspecified atom stereocenters. The Hall–Kier alpha value is -2.63. The molecule has 0 amide bonds. The second kappa shape index (κ2) is 7.41. The summed E-state index contributed by atoms with van der Waals surface area (Å²) in [5, 5.41) is 16.2. The van der Waals surface area contributed by atoms with E-state index in [1.807, 2.05) is 6.08 Å². The molecule has 0 radical (unpaired) electrons. The van der Waals surface area contributed by atoms with Crippen molar-refractivity contribution in [3.8, 4) is 0 Å². The number of hydrogen-bond acceptors (Lipinski definition) is 8. The Morgan fingerprint density at radius 2 is 1.79 bits per heavy atom. The smallest absolute Gasteiger partial charge is 0.354 e. The van der Waals surface area contributed by atoms with Gasteiger partial charge in [0.15, 0.2) is 6.17 Å². The van der Waals surface area contributed by atoms with Crippen LogP contribution in [0, 0.1) is 0 Å². The molecule has 148 valence electrons. The Kier molecular flexibility index (Phi) is 4.96. The third-order valence-electron chi connectivity index (χ3n) is 4.98. The van der Waals surface area contributed by atoms with Crippen LogP contribution >= 0.6 is 0 Å². The summed E-state index contributed by atoms with van der Waals surface area (Å²) in [5.41, 5.74) is 6.70. The van der Waals surface area contributed by atoms with E-state index < -0.39 is 10.0 Å². The minimum absolute atomic E-state index is 0.0616. The Labute approximate surface area is 163 Å². The number of benzene rings is 1. The minimum atomic E-state index is -3.72. The van der Waals surface area contributed by atoms with Gasteiger partial charge in [-0.3, -0.25) is 0 Å². The highest BCUT2D eigenvalue weighted by molar-refractivity contribution is 7.89. The van der Waals surface area contributed by atoms with Gasteiger partial charge in [0.25, 0.3) is 0 Å². The Morgan fingerprint density at radius 3 is 2.46 bits per heavy atom. The third-order valence-corrected chi connectivity index (χ3v) is 5.90. The highest BCUT2D eigenvalue weighted by Crippen LogP contribution is 2.21. The average molecular weight is 403 g/mol. The number of nitrogens with zero attached hydrogens (tertiary/aromatic N) is 4. The molecule has 3 aliphatic rings. The molecule has 0 bridgehead atoms. The van der Waals surface area contributed by atoms with E-state index in [2.05, 4.69) is 25.7 Å². The lowest BCUT2D eigenvalue weighted by molar-refractivity contribution is -0.496. The van der Waals surface area contributed by atoms with Gasteiger partial charge in [-0.2, -0.15) is 0 Å². The topological polar surface area (TPSA) is 150 Å². The summed E-state index contributed by atoms with van der Waals surface area (Å²) < 4.78 is 24.5. The van der Waals surface area contributed by atoms with Gasteiger partial charge in [-0.25, -0.2) is 13.6 Å². The quantitative estimate of drug-likeness (QED) is 0.532. The predicted octanol–water partition coefficient (Wildman–Crippen LogP) is 0.649. The molecule has 10 nitrogen and oxygen atoms in total. The highest BCUT2D eigenvalue weighted by atomic mass is 32.2. The molecule has 0 saturated heterocycles. The molecule has 0 aromatic heterocycles. The highest BCUT2D eigenvalue weighted by Gasteiger charge is 2.34. The lowest BCUT2D eigenvalue weighted by atomic mass is 9.92. The molecule has 2 aliphatic heterocycles. The maximum atomic E-state index is 11.4. The van der Waals surface area contributed by atoms with Crippen molar-refractivity contribution in [3.05, 3.63) is 36.2 Å². The zero-order chi connectivity index (χ0) is 19.7. The number of fused-ring (bicyclic) bond motifs is 1. The summed E-state index contributed by atoms with van der Waals surface area (Å²) in [7, 11) is -3.72. The van der Waals surface area contributed by atoms with Crippen LogP contribution in [-0.2, 0) is 10.0 Å². The second-order valence-corrected chi connectivity index (χ2v) is 8.64. The van der Waals surface area contributed by atoms with E-state index in [4.69, 9.17) is 10.9 Å². The summed E-state index contributed by atoms with van der Waals surface area (Å²) in [4.78, 5) is 8.79. The van der Waals surface area contributed by atoms with Crippen molar-refractivity contribution in [2.45, 2.75) is 48.8 Å². The second-order valence-electron chi connectivity index (χ2n) is 7.08. The first-order valence-electron chi connectivity index (χ1n) is 9.13. The van der Waals surface area contributed by atoms with Crippen LogP contribution in [-0.4, -0.2) is 43.7 Å². The van der Waals surface area contributed by atoms with E-state index in [0.717, 1.165) is 37.2 Å². The predicted molar refractivity (Wildman–Crippen MR) is 105 cm³/mol. The fourth-order valence-electron chi connectivity index (χ4n) is 3.45. The van der Waals surface area contributed by atoms with Gasteiger partial charge in [-0.1, -0.05) is 10.1 Å². The fourth-order valence-corrected chi connectivity index (χ4v) is 3.97. The van der Waals surface area contributed by atoms with E-state index in [9.17, 15) is 8.42 Å². The molecule has 2 heterocycles. The molecule has 1 aromatic rings. The molecular formula is C17H23N8O2S+. The van der Waals surface area contributed by atoms with Gasteiger partial charge in [0, 0.05) is 23.8 Å². The van der Waals surface area contributed by atoms with Crippen molar-refractivity contribution in [1.29, 1.82) is 0 Å². The average Bonchev–Trinajstić information content (AvgIpc) is 3.12. The molecule has 11 heteroatoms. The molecule has 1 saturated carbocycles. The maximum absolute atomic E-state index is 11.4. The Balaban J connectivity index is 1.50. The van der Waals surface area contributed by atoms with Crippen molar-refractivity contribution in [2.24, 2.45) is 26.0 Å². The zero-order valence-electron chi connectivity index (χ0n) is 15.2. The molecule has 1 fully saturated rings. The van der Waals surface area contributed by atoms with Crippen LogP contribution in [0.2, 0.25) is 0 Å². The van der Waals surface area contributed by atoms with E-state index in [-0.39, 0.29) is 17.1 Å². The van der Waals surface area contributed by atoms with E-state index >= 15 is 0 Å². The SMILES string of the molecule is NC1CCC(NC2=CC(Nc3ccc(S(N)(=O)=O)cc3)[N+]3=NC=NC3=N2)CC1. The molecule has 28 heavy (non-hydrogen) atoms. The van der Waals surface area contributed by atoms with E-state index in [0.29, 0.717) is 12.0 Å². The summed E-state index contributed by atoms with van der Waals surface area (Å²) in [5.74, 6) is 1.23. The van der Waals surface area contributed by atoms with Gasteiger partial charge in [0.1, 0.15) is 0 Å². The van der Waals surface area contributed by atoms with Gasteiger partial charge in [-0.15, -0.1) is 4.70 Å². The summed E-state index contributed by atoms with van der Waals surface area (Å²) >= 11 is 0. The standard InChI is InChI=1S/C17H23N8O2S/c18-11-1-3-12(4-2-11)22-15-9-16(25-17(24-15)20-10-21-25)23-13-5-7-14(8-6-13)28(19,26)27/h5-12,16,22-23H,1-4,18H2,(H2,19,26,27)/q+1. The number of anilines is 1. The number of guanidine groups is 1. The normalized spacial score (nSPS) is 26.8. The van der Waals surface area contributed by atoms with Crippen molar-refractivity contribution in [3.63, 3.8) is 0 Å². The van der Waals surface area contributed by atoms with Gasteiger partial charge in [0.05, 0.1) is 4.90 Å². The van der Waals surface area contributed by atoms with Crippen molar-refractivity contribution in [2.75, 3.05) is 5.32 Å². The number of primary sulfonamides is 1. The molecule has 1 aromatic carbocycles. The first-order chi connectivity index (χ1) is 13.4. The summed E-state index contributed by atoms with van der Waals surface area (Å²) in [6.07, 6.45) is 7.08. The van der Waals surface area contributed by atoms with Crippen LogP contribution in [0.3, 0.4) is 0 Å². The van der Waals surface area contributed by atoms with Crippen LogP contribution in [0.4, 0.5) is 5.69 Å². The largest absolute Gasteiger partial charge is 0.458 e. The number of nitrogens with one attached hydrogen (secondary N) is 2. The molecular weight excluding hydrogens is 380 g/mol. The number of azo groups is 2. The van der Waals surface area contributed by atoms with Crippen LogP contribution in [0.5, 0.6) is 0 Å². The van der Waals surface area contributed by atoms with Gasteiger partial charge < -0.3 is 16.4 Å². The molecule has 1 atom stereocenters. The molecule has 4 rings (SSSR count). The number of rotatable bonds is 5. The molecule has 6 N–H and O–H groups in total. The first-order valence-corrected chi connectivity index (χ1v) is 10.7. The number of hydrogen-bond donors (Lipinski definition) is 4. The van der Waals surface area contributed by atoms with Crippen molar-refractivity contribution < 1.29 is 13.1 Å². The fraction of sp³-hybridized carbons (Fsp3) is 0.412. The third kappa shape index (κ3) is 4.11. The molecule has 0 spiro atoms. The zero-order valence-corrected chi connectivity index (χ0v) is 16.0.